The van der Waals surface area contributed by atoms with E-state index >= 15 is 0 Å². The fraction of sp³-hybridized carbons (Fsp3) is 0.692. The van der Waals surface area contributed by atoms with Crippen LogP contribution < -0.4 is 11.1 Å². The molecule has 3 aliphatic carbocycles. The number of aliphatic hydroxyl groups excluding tert-OH is 1. The first-order valence-electron chi connectivity index (χ1n) is 12.5. The third-order valence-corrected chi connectivity index (χ3v) is 8.88. The molecular weight excluding hydrogens is 420 g/mol. The number of nitrogens with two attached hydrogens (primary N) is 1. The molecule has 7 nitrogen and oxygen atoms in total. The lowest BCUT2D eigenvalue weighted by Crippen LogP contribution is -2.44. The zero-order valence-corrected chi connectivity index (χ0v) is 19.5. The van der Waals surface area contributed by atoms with E-state index < -0.39 is 12.0 Å². The summed E-state index contributed by atoms with van der Waals surface area (Å²) in [6.45, 7) is 2.77. The van der Waals surface area contributed by atoms with Crippen LogP contribution in [-0.2, 0) is 16.0 Å². The quantitative estimate of drug-likeness (QED) is 0.381. The average molecular weight is 459 g/mol. The maximum Gasteiger partial charge on any atom is 0.303 e. The van der Waals surface area contributed by atoms with Crippen LogP contribution in [0.2, 0.25) is 0 Å². The summed E-state index contributed by atoms with van der Waals surface area (Å²) < 4.78 is 0. The summed E-state index contributed by atoms with van der Waals surface area (Å²) in [7, 11) is 0. The number of carboxylic acids is 1. The smallest absolute Gasteiger partial charge is 0.303 e. The van der Waals surface area contributed by atoms with Gasteiger partial charge in [-0.1, -0.05) is 13.0 Å². The molecule has 0 spiro atoms. The van der Waals surface area contributed by atoms with Crippen molar-refractivity contribution in [2.24, 2.45) is 28.9 Å². The van der Waals surface area contributed by atoms with Gasteiger partial charge in [-0.2, -0.15) is 0 Å². The summed E-state index contributed by atoms with van der Waals surface area (Å²) >= 11 is 0. The standard InChI is InChI=1S/C26H38N2O5/c1-26-11-10-19-18-7-5-17(29)13-15(18)4-6-20(19)21(26)14-16(24(26)32)3-2-12-28-25(33)22(27)8-9-23(30)31/h5,7,13,16,19-22,24,29,32H,2-4,6,8-12,14,27H2,1H3,(H,28,33)(H,30,31)/t16-,19+,20+,21-,22-,24-,26-/m0/s1. The highest BCUT2D eigenvalue weighted by atomic mass is 16.4. The Morgan fingerprint density at radius 2 is 2.09 bits per heavy atom. The Morgan fingerprint density at radius 3 is 2.85 bits per heavy atom. The number of hydrogen-bond acceptors (Lipinski definition) is 5. The fourth-order valence-electron chi connectivity index (χ4n) is 7.11. The van der Waals surface area contributed by atoms with E-state index in [2.05, 4.69) is 18.3 Å². The van der Waals surface area contributed by atoms with Crippen molar-refractivity contribution in [2.75, 3.05) is 6.54 Å². The summed E-state index contributed by atoms with van der Waals surface area (Å²) in [5, 5.41) is 32.7. The Labute approximate surface area is 195 Å². The largest absolute Gasteiger partial charge is 0.508 e. The summed E-state index contributed by atoms with van der Waals surface area (Å²) in [4.78, 5) is 22.7. The number of carboxylic acid groups (broad SMARTS) is 1. The number of aryl methyl sites for hydroxylation is 1. The minimum absolute atomic E-state index is 0.0529. The number of aliphatic hydroxyl groups is 1. The van der Waals surface area contributed by atoms with Crippen molar-refractivity contribution in [1.82, 2.24) is 5.32 Å². The van der Waals surface area contributed by atoms with Gasteiger partial charge in [0.1, 0.15) is 5.75 Å². The highest BCUT2D eigenvalue weighted by Crippen LogP contribution is 2.62. The van der Waals surface area contributed by atoms with Gasteiger partial charge in [0.05, 0.1) is 12.1 Å². The van der Waals surface area contributed by atoms with Crippen molar-refractivity contribution in [3.8, 4) is 5.75 Å². The molecule has 0 unspecified atom stereocenters. The number of nitrogens with one attached hydrogen (secondary N) is 1. The Hall–Kier alpha value is -2.12. The summed E-state index contributed by atoms with van der Waals surface area (Å²) in [5.41, 5.74) is 8.39. The number of rotatable bonds is 8. The van der Waals surface area contributed by atoms with Gasteiger partial charge in [-0.05, 0) is 104 Å². The number of benzene rings is 1. The minimum Gasteiger partial charge on any atom is -0.508 e. The summed E-state index contributed by atoms with van der Waals surface area (Å²) in [6.07, 6.45) is 6.58. The second kappa shape index (κ2) is 9.63. The van der Waals surface area contributed by atoms with Gasteiger partial charge < -0.3 is 26.4 Å². The first-order chi connectivity index (χ1) is 15.7. The number of hydrogen-bond donors (Lipinski definition) is 5. The molecule has 182 valence electrons. The van der Waals surface area contributed by atoms with Crippen LogP contribution >= 0.6 is 0 Å². The third-order valence-electron chi connectivity index (χ3n) is 8.88. The van der Waals surface area contributed by atoms with E-state index in [1.165, 1.54) is 11.1 Å². The van der Waals surface area contributed by atoms with Gasteiger partial charge in [0.2, 0.25) is 5.91 Å². The number of phenols is 1. The molecule has 7 atom stereocenters. The zero-order chi connectivity index (χ0) is 23.8. The molecule has 6 N–H and O–H groups in total. The van der Waals surface area contributed by atoms with Crippen molar-refractivity contribution in [3.63, 3.8) is 0 Å². The maximum atomic E-state index is 12.1. The highest BCUT2D eigenvalue weighted by Gasteiger charge is 2.57. The molecule has 2 fully saturated rings. The number of fused-ring (bicyclic) bond motifs is 5. The number of aliphatic carboxylic acids is 1. The molecule has 0 heterocycles. The van der Waals surface area contributed by atoms with Crippen LogP contribution in [0.15, 0.2) is 18.2 Å². The monoisotopic (exact) mass is 458 g/mol. The van der Waals surface area contributed by atoms with Crippen LogP contribution in [0.1, 0.15) is 75.3 Å². The lowest BCUT2D eigenvalue weighted by atomic mass is 9.55. The molecule has 1 aromatic carbocycles. The van der Waals surface area contributed by atoms with Gasteiger partial charge in [0, 0.05) is 13.0 Å². The van der Waals surface area contributed by atoms with Crippen molar-refractivity contribution in [2.45, 2.75) is 82.8 Å². The molecule has 7 heteroatoms. The molecule has 3 aliphatic rings. The lowest BCUT2D eigenvalue weighted by molar-refractivity contribution is -0.137. The first kappa shape index (κ1) is 24.0. The number of carbonyl (C=O) groups is 2. The van der Waals surface area contributed by atoms with Gasteiger partial charge in [0.25, 0.3) is 0 Å². The number of amides is 1. The molecular formula is C26H38N2O5. The van der Waals surface area contributed by atoms with E-state index in [1.54, 1.807) is 0 Å². The van der Waals surface area contributed by atoms with Crippen molar-refractivity contribution < 1.29 is 24.9 Å². The SMILES string of the molecule is C[C@]12CC[C@@H]3c4ccc(O)cc4CC[C@H]3[C@@H]1C[C@H](CCCNC(=O)[C@@H](N)CCC(=O)O)[C@@H]2O. The summed E-state index contributed by atoms with van der Waals surface area (Å²) in [6, 6.07) is 5.04. The van der Waals surface area contributed by atoms with Gasteiger partial charge in [-0.3, -0.25) is 9.59 Å². The van der Waals surface area contributed by atoms with Crippen LogP contribution in [-0.4, -0.2) is 45.9 Å². The fourth-order valence-corrected chi connectivity index (χ4v) is 7.11. The van der Waals surface area contributed by atoms with E-state index in [-0.39, 0.29) is 36.2 Å². The Balaban J connectivity index is 1.32. The van der Waals surface area contributed by atoms with Gasteiger partial charge in [-0.15, -0.1) is 0 Å². The normalized spacial score (nSPS) is 33.5. The van der Waals surface area contributed by atoms with Crippen LogP contribution in [0.4, 0.5) is 0 Å². The van der Waals surface area contributed by atoms with Gasteiger partial charge >= 0.3 is 5.97 Å². The van der Waals surface area contributed by atoms with Gasteiger partial charge in [-0.25, -0.2) is 0 Å². The van der Waals surface area contributed by atoms with E-state index in [0.29, 0.717) is 30.0 Å². The minimum atomic E-state index is -0.953. The Kier molecular flexibility index (Phi) is 7.01. The van der Waals surface area contributed by atoms with Crippen LogP contribution in [0.5, 0.6) is 5.75 Å². The molecule has 0 saturated heterocycles. The van der Waals surface area contributed by atoms with Crippen LogP contribution in [0.3, 0.4) is 0 Å². The second-order valence-corrected chi connectivity index (χ2v) is 10.8. The maximum absolute atomic E-state index is 12.1. The van der Waals surface area contributed by atoms with E-state index in [4.69, 9.17) is 10.8 Å². The molecule has 0 radical (unpaired) electrons. The number of phenolic OH excluding ortho intramolecular Hbond substituents is 1. The van der Waals surface area contributed by atoms with Crippen molar-refractivity contribution >= 4 is 11.9 Å². The van der Waals surface area contributed by atoms with Gasteiger partial charge in [0.15, 0.2) is 0 Å². The molecule has 0 aliphatic heterocycles. The second-order valence-electron chi connectivity index (χ2n) is 10.8. The average Bonchev–Trinajstić information content (AvgIpc) is 3.04. The molecule has 0 aromatic heterocycles. The molecule has 2 saturated carbocycles. The molecule has 1 aromatic rings. The molecule has 1 amide bonds. The predicted octanol–water partition coefficient (Wildman–Crippen LogP) is 2.92. The first-order valence-corrected chi connectivity index (χ1v) is 12.5. The third kappa shape index (κ3) is 4.76. The van der Waals surface area contributed by atoms with Crippen molar-refractivity contribution in [3.05, 3.63) is 29.3 Å². The van der Waals surface area contributed by atoms with Crippen LogP contribution in [0.25, 0.3) is 0 Å². The van der Waals surface area contributed by atoms with E-state index in [1.807, 2.05) is 12.1 Å². The van der Waals surface area contributed by atoms with Crippen LogP contribution in [0, 0.1) is 23.2 Å². The van der Waals surface area contributed by atoms with Crippen molar-refractivity contribution in [1.29, 1.82) is 0 Å². The Bertz CT molecular complexity index is 889. The lowest BCUT2D eigenvalue weighted by Gasteiger charge is -2.50. The number of carbonyl (C=O) groups excluding carboxylic acids is 1. The zero-order valence-electron chi connectivity index (χ0n) is 19.5. The van der Waals surface area contributed by atoms with E-state index in [0.717, 1.165) is 44.9 Å². The highest BCUT2D eigenvalue weighted by molar-refractivity contribution is 5.82. The molecule has 33 heavy (non-hydrogen) atoms. The molecule has 4 rings (SSSR count). The Morgan fingerprint density at radius 1 is 1.30 bits per heavy atom. The van der Waals surface area contributed by atoms with E-state index in [9.17, 15) is 19.8 Å². The topological polar surface area (TPSA) is 133 Å². The summed E-state index contributed by atoms with van der Waals surface area (Å²) in [5.74, 6) is 0.912. The number of aromatic hydroxyl groups is 1. The predicted molar refractivity (Wildman–Crippen MR) is 125 cm³/mol. The molecule has 0 bridgehead atoms.